The SMILES string of the molecule is COC(=O)c1ccc(C[C@@H](NC(=O)OC(C)(C)C)C(N)=O)cc1. The highest BCUT2D eigenvalue weighted by Crippen LogP contribution is 2.10. The number of hydrogen-bond acceptors (Lipinski definition) is 5. The van der Waals surface area contributed by atoms with Gasteiger partial charge in [-0.05, 0) is 38.5 Å². The lowest BCUT2D eigenvalue weighted by atomic mass is 10.0. The van der Waals surface area contributed by atoms with E-state index in [9.17, 15) is 14.4 Å². The molecule has 3 N–H and O–H groups in total. The number of rotatable bonds is 5. The number of esters is 1. The fraction of sp³-hybridized carbons (Fsp3) is 0.438. The highest BCUT2D eigenvalue weighted by Gasteiger charge is 2.23. The maximum absolute atomic E-state index is 11.7. The van der Waals surface area contributed by atoms with Crippen LogP contribution >= 0.6 is 0 Å². The number of benzene rings is 1. The first-order valence-electron chi connectivity index (χ1n) is 7.08. The third kappa shape index (κ3) is 6.37. The molecule has 0 radical (unpaired) electrons. The summed E-state index contributed by atoms with van der Waals surface area (Å²) in [4.78, 5) is 34.6. The molecule has 126 valence electrons. The van der Waals surface area contributed by atoms with Gasteiger partial charge in [0, 0.05) is 6.42 Å². The van der Waals surface area contributed by atoms with Crippen LogP contribution in [0.2, 0.25) is 0 Å². The molecule has 0 heterocycles. The van der Waals surface area contributed by atoms with E-state index in [4.69, 9.17) is 10.5 Å². The second-order valence-electron chi connectivity index (χ2n) is 5.99. The Morgan fingerprint density at radius 1 is 1.17 bits per heavy atom. The minimum atomic E-state index is -0.908. The average Bonchev–Trinajstić information content (AvgIpc) is 2.44. The van der Waals surface area contributed by atoms with E-state index in [-0.39, 0.29) is 6.42 Å². The van der Waals surface area contributed by atoms with Crippen LogP contribution in [0, 0.1) is 0 Å². The maximum atomic E-state index is 11.7. The number of nitrogens with one attached hydrogen (secondary N) is 1. The Hall–Kier alpha value is -2.57. The standard InChI is InChI=1S/C16H22N2O5/c1-16(2,3)23-15(21)18-12(13(17)19)9-10-5-7-11(8-6-10)14(20)22-4/h5-8,12H,9H2,1-4H3,(H2,17,19)(H,18,21)/t12-/m1/s1. The molecule has 7 heteroatoms. The molecule has 2 amide bonds. The van der Waals surface area contributed by atoms with Gasteiger partial charge in [0.25, 0.3) is 0 Å². The number of nitrogens with two attached hydrogens (primary N) is 1. The summed E-state index contributed by atoms with van der Waals surface area (Å²) >= 11 is 0. The first-order chi connectivity index (χ1) is 10.6. The van der Waals surface area contributed by atoms with Crippen LogP contribution in [0.1, 0.15) is 36.7 Å². The van der Waals surface area contributed by atoms with Gasteiger partial charge in [0.1, 0.15) is 11.6 Å². The number of methoxy groups -OCH3 is 1. The van der Waals surface area contributed by atoms with Crippen molar-refractivity contribution in [2.24, 2.45) is 5.73 Å². The number of ether oxygens (including phenoxy) is 2. The molecule has 0 aromatic heterocycles. The summed E-state index contributed by atoms with van der Waals surface area (Å²) in [5.41, 5.74) is 5.77. The number of primary amides is 1. The molecule has 0 saturated carbocycles. The van der Waals surface area contributed by atoms with Crippen LogP contribution in [-0.4, -0.2) is 36.7 Å². The summed E-state index contributed by atoms with van der Waals surface area (Å²) < 4.78 is 9.71. The smallest absolute Gasteiger partial charge is 0.408 e. The number of alkyl carbamates (subject to hydrolysis) is 1. The van der Waals surface area contributed by atoms with Gasteiger partial charge < -0.3 is 20.5 Å². The average molecular weight is 322 g/mol. The minimum Gasteiger partial charge on any atom is -0.465 e. The fourth-order valence-electron chi connectivity index (χ4n) is 1.80. The molecule has 0 unspecified atom stereocenters. The summed E-state index contributed by atoms with van der Waals surface area (Å²) in [6, 6.07) is 5.57. The topological polar surface area (TPSA) is 108 Å². The number of amides is 2. The van der Waals surface area contributed by atoms with E-state index in [1.807, 2.05) is 0 Å². The van der Waals surface area contributed by atoms with Gasteiger partial charge in [-0.25, -0.2) is 9.59 Å². The molecule has 0 spiro atoms. The van der Waals surface area contributed by atoms with Crippen LogP contribution in [0.4, 0.5) is 4.79 Å². The first kappa shape index (κ1) is 18.5. The van der Waals surface area contributed by atoms with Gasteiger partial charge in [0.05, 0.1) is 12.7 Å². The van der Waals surface area contributed by atoms with E-state index >= 15 is 0 Å². The monoisotopic (exact) mass is 322 g/mol. The highest BCUT2D eigenvalue weighted by molar-refractivity contribution is 5.89. The van der Waals surface area contributed by atoms with Crippen LogP contribution in [0.25, 0.3) is 0 Å². The van der Waals surface area contributed by atoms with Gasteiger partial charge in [0.2, 0.25) is 5.91 Å². The number of carbonyl (C=O) groups excluding carboxylic acids is 3. The molecule has 0 aliphatic heterocycles. The van der Waals surface area contributed by atoms with Crippen LogP contribution in [0.5, 0.6) is 0 Å². The molecular weight excluding hydrogens is 300 g/mol. The van der Waals surface area contributed by atoms with Gasteiger partial charge >= 0.3 is 12.1 Å². The van der Waals surface area contributed by atoms with E-state index in [1.165, 1.54) is 7.11 Å². The van der Waals surface area contributed by atoms with Crippen molar-refractivity contribution in [3.63, 3.8) is 0 Å². The Balaban J connectivity index is 2.75. The second-order valence-corrected chi connectivity index (χ2v) is 5.99. The molecule has 1 aromatic rings. The zero-order valence-electron chi connectivity index (χ0n) is 13.7. The van der Waals surface area contributed by atoms with Crippen molar-refractivity contribution in [2.75, 3.05) is 7.11 Å². The van der Waals surface area contributed by atoms with Crippen molar-refractivity contribution in [3.8, 4) is 0 Å². The van der Waals surface area contributed by atoms with Crippen molar-refractivity contribution in [1.29, 1.82) is 0 Å². The van der Waals surface area contributed by atoms with Crippen molar-refractivity contribution in [1.82, 2.24) is 5.32 Å². The lowest BCUT2D eigenvalue weighted by molar-refractivity contribution is -0.120. The van der Waals surface area contributed by atoms with Crippen LogP contribution in [-0.2, 0) is 20.7 Å². The van der Waals surface area contributed by atoms with Crippen molar-refractivity contribution < 1.29 is 23.9 Å². The Kier molecular flexibility index (Phi) is 6.12. The van der Waals surface area contributed by atoms with Crippen LogP contribution in [0.3, 0.4) is 0 Å². The Bertz CT molecular complexity index is 575. The van der Waals surface area contributed by atoms with Gasteiger partial charge in [-0.3, -0.25) is 4.79 Å². The molecule has 1 aromatic carbocycles. The predicted molar refractivity (Wildman–Crippen MR) is 83.8 cm³/mol. The molecule has 0 aliphatic carbocycles. The fourth-order valence-corrected chi connectivity index (χ4v) is 1.80. The van der Waals surface area contributed by atoms with Crippen LogP contribution in [0.15, 0.2) is 24.3 Å². The summed E-state index contributed by atoms with van der Waals surface area (Å²) in [5.74, 6) is -1.12. The predicted octanol–water partition coefficient (Wildman–Crippen LogP) is 1.39. The third-order valence-corrected chi connectivity index (χ3v) is 2.85. The molecule has 7 nitrogen and oxygen atoms in total. The summed E-state index contributed by atoms with van der Waals surface area (Å²) in [6.07, 6.45) is -0.525. The van der Waals surface area contributed by atoms with E-state index in [0.29, 0.717) is 5.56 Å². The summed E-state index contributed by atoms with van der Waals surface area (Å²) in [5, 5.41) is 2.44. The Labute approximate surface area is 135 Å². The molecule has 0 bridgehead atoms. The zero-order valence-corrected chi connectivity index (χ0v) is 13.7. The molecule has 0 aliphatic rings. The molecule has 1 atom stereocenters. The van der Waals surface area contributed by atoms with Gasteiger partial charge in [-0.15, -0.1) is 0 Å². The molecule has 0 saturated heterocycles. The maximum Gasteiger partial charge on any atom is 0.408 e. The van der Waals surface area contributed by atoms with E-state index in [0.717, 1.165) is 5.56 Å². The van der Waals surface area contributed by atoms with Crippen molar-refractivity contribution >= 4 is 18.0 Å². The number of hydrogen-bond donors (Lipinski definition) is 2. The van der Waals surface area contributed by atoms with Crippen molar-refractivity contribution in [2.45, 2.75) is 38.8 Å². The van der Waals surface area contributed by atoms with Crippen molar-refractivity contribution in [3.05, 3.63) is 35.4 Å². The number of carbonyl (C=O) groups is 3. The quantitative estimate of drug-likeness (QED) is 0.797. The zero-order chi connectivity index (χ0) is 17.6. The summed E-state index contributed by atoms with van der Waals surface area (Å²) in [7, 11) is 1.30. The highest BCUT2D eigenvalue weighted by atomic mass is 16.6. The molecular formula is C16H22N2O5. The molecule has 0 fully saturated rings. The lowest BCUT2D eigenvalue weighted by Gasteiger charge is -2.22. The minimum absolute atomic E-state index is 0.191. The molecule has 1 rings (SSSR count). The normalized spacial score (nSPS) is 12.2. The Morgan fingerprint density at radius 3 is 2.17 bits per heavy atom. The largest absolute Gasteiger partial charge is 0.465 e. The first-order valence-corrected chi connectivity index (χ1v) is 7.08. The van der Waals surface area contributed by atoms with E-state index < -0.39 is 29.6 Å². The molecule has 23 heavy (non-hydrogen) atoms. The van der Waals surface area contributed by atoms with Crippen LogP contribution < -0.4 is 11.1 Å². The van der Waals surface area contributed by atoms with E-state index in [1.54, 1.807) is 45.0 Å². The van der Waals surface area contributed by atoms with Gasteiger partial charge in [-0.2, -0.15) is 0 Å². The van der Waals surface area contributed by atoms with Gasteiger partial charge in [-0.1, -0.05) is 12.1 Å². The third-order valence-electron chi connectivity index (χ3n) is 2.85. The Morgan fingerprint density at radius 2 is 1.74 bits per heavy atom. The second kappa shape index (κ2) is 7.62. The lowest BCUT2D eigenvalue weighted by Crippen LogP contribution is -2.47. The van der Waals surface area contributed by atoms with Gasteiger partial charge in [0.15, 0.2) is 0 Å². The summed E-state index contributed by atoms with van der Waals surface area (Å²) in [6.45, 7) is 5.16. The van der Waals surface area contributed by atoms with E-state index in [2.05, 4.69) is 10.1 Å².